The molecule has 0 heterocycles. The molecule has 0 aliphatic heterocycles. The van der Waals surface area contributed by atoms with Crippen molar-refractivity contribution in [2.45, 2.75) is 6.18 Å². The van der Waals surface area contributed by atoms with E-state index in [0.29, 0.717) is 4.61 Å². The van der Waals surface area contributed by atoms with Gasteiger partial charge in [0.2, 0.25) is 0 Å². The zero-order chi connectivity index (χ0) is 9.90. The average Bonchev–Trinajstić information content (AvgIpc) is 2.04. The van der Waals surface area contributed by atoms with Crippen LogP contribution in [0.2, 0.25) is 0 Å². The molecule has 0 radical (unpaired) electrons. The molecule has 13 heavy (non-hydrogen) atoms. The van der Waals surface area contributed by atoms with Crippen LogP contribution in [0, 0.1) is 0 Å². The van der Waals surface area contributed by atoms with Gasteiger partial charge in [-0.1, -0.05) is 6.07 Å². The summed E-state index contributed by atoms with van der Waals surface area (Å²) >= 11 is 1.92. The predicted octanol–water partition coefficient (Wildman–Crippen LogP) is 3.48. The highest BCUT2D eigenvalue weighted by Crippen LogP contribution is 2.31. The van der Waals surface area contributed by atoms with Crippen molar-refractivity contribution in [1.29, 1.82) is 0 Å². The molecule has 0 spiro atoms. The number of rotatable bonds is 2. The first-order valence-corrected chi connectivity index (χ1v) is 4.92. The first kappa shape index (κ1) is 10.6. The van der Waals surface area contributed by atoms with Crippen molar-refractivity contribution in [3.8, 4) is 5.75 Å². The Morgan fingerprint density at radius 2 is 2.00 bits per heavy atom. The van der Waals surface area contributed by atoms with Crippen LogP contribution < -0.4 is 4.74 Å². The molecule has 0 amide bonds. The van der Waals surface area contributed by atoms with E-state index in [1.807, 2.05) is 22.6 Å². The van der Waals surface area contributed by atoms with Crippen molar-refractivity contribution >= 4 is 22.6 Å². The molecule has 1 aromatic carbocycles. The van der Waals surface area contributed by atoms with Gasteiger partial charge in [-0.05, 0) is 40.8 Å². The summed E-state index contributed by atoms with van der Waals surface area (Å²) in [6.45, 7) is 0. The van der Waals surface area contributed by atoms with Crippen molar-refractivity contribution in [2.24, 2.45) is 0 Å². The molecule has 0 aliphatic rings. The van der Waals surface area contributed by atoms with Gasteiger partial charge in [0.1, 0.15) is 10.4 Å². The summed E-state index contributed by atoms with van der Waals surface area (Å²) < 4.78 is 41.7. The molecule has 0 aliphatic carbocycles. The molecule has 0 saturated carbocycles. The molecule has 0 bridgehead atoms. The molecule has 0 fully saturated rings. The van der Waals surface area contributed by atoms with Gasteiger partial charge in [-0.25, -0.2) is 0 Å². The Bertz CT molecular complexity index is 285. The summed E-state index contributed by atoms with van der Waals surface area (Å²) in [6.07, 6.45) is -4.30. The highest BCUT2D eigenvalue weighted by molar-refractivity contribution is 14.1. The highest BCUT2D eigenvalue weighted by atomic mass is 127. The molecule has 1 aromatic rings. The number of alkyl halides is 4. The lowest BCUT2D eigenvalue weighted by Gasteiger charge is -2.08. The molecular formula is C8H6F3IO. The number of hydrogen-bond donors (Lipinski definition) is 0. The van der Waals surface area contributed by atoms with Crippen LogP contribution in [0.4, 0.5) is 13.2 Å². The van der Waals surface area contributed by atoms with Crippen molar-refractivity contribution in [3.63, 3.8) is 0 Å². The maximum atomic E-state index is 12.2. The van der Waals surface area contributed by atoms with Crippen LogP contribution in [0.15, 0.2) is 24.3 Å². The second-order valence-electron chi connectivity index (χ2n) is 2.28. The number of ether oxygens (including phenoxy) is 1. The van der Waals surface area contributed by atoms with Crippen molar-refractivity contribution < 1.29 is 17.9 Å². The first-order chi connectivity index (χ1) is 6.04. The van der Waals surface area contributed by atoms with Gasteiger partial charge < -0.3 is 4.74 Å². The highest BCUT2D eigenvalue weighted by Gasteiger charge is 2.30. The largest absolute Gasteiger partial charge is 0.483 e. The minimum atomic E-state index is -4.30. The summed E-state index contributed by atoms with van der Waals surface area (Å²) in [6, 6.07) is 4.82. The summed E-state index contributed by atoms with van der Waals surface area (Å²) in [5.74, 6) is 0.240. The van der Waals surface area contributed by atoms with Crippen LogP contribution in [0.1, 0.15) is 5.56 Å². The van der Waals surface area contributed by atoms with Crippen molar-refractivity contribution in [3.05, 3.63) is 29.8 Å². The molecule has 0 saturated heterocycles. The quantitative estimate of drug-likeness (QED) is 0.600. The zero-order valence-electron chi connectivity index (χ0n) is 6.44. The molecule has 0 atom stereocenters. The molecule has 0 aromatic heterocycles. The second kappa shape index (κ2) is 4.17. The van der Waals surface area contributed by atoms with Crippen molar-refractivity contribution in [2.75, 3.05) is 4.61 Å². The van der Waals surface area contributed by atoms with Crippen LogP contribution >= 0.6 is 22.6 Å². The summed E-state index contributed by atoms with van der Waals surface area (Å²) in [5.41, 5.74) is -0.685. The maximum Gasteiger partial charge on any atom is 0.416 e. The Labute approximate surface area is 87.0 Å². The Kier molecular flexibility index (Phi) is 3.40. The van der Waals surface area contributed by atoms with Gasteiger partial charge in [-0.2, -0.15) is 13.2 Å². The van der Waals surface area contributed by atoms with E-state index >= 15 is 0 Å². The first-order valence-electron chi connectivity index (χ1n) is 3.40. The SMILES string of the molecule is FC(F)(F)c1cccc(OCI)c1. The predicted molar refractivity (Wildman–Crippen MR) is 51.0 cm³/mol. The van der Waals surface area contributed by atoms with Crippen LogP contribution in [0.25, 0.3) is 0 Å². The number of halogens is 4. The molecule has 1 nitrogen and oxygen atoms in total. The number of hydrogen-bond acceptors (Lipinski definition) is 1. The van der Waals surface area contributed by atoms with Gasteiger partial charge in [0, 0.05) is 0 Å². The molecule has 0 N–H and O–H groups in total. The van der Waals surface area contributed by atoms with Crippen LogP contribution in [-0.4, -0.2) is 4.61 Å². The lowest BCUT2D eigenvalue weighted by molar-refractivity contribution is -0.137. The smallest absolute Gasteiger partial charge is 0.416 e. The van der Waals surface area contributed by atoms with E-state index in [2.05, 4.69) is 0 Å². The molecule has 72 valence electrons. The topological polar surface area (TPSA) is 9.23 Å². The van der Waals surface area contributed by atoms with Gasteiger partial charge in [0.05, 0.1) is 5.56 Å². The van der Waals surface area contributed by atoms with Gasteiger partial charge in [-0.3, -0.25) is 0 Å². The minimum Gasteiger partial charge on any atom is -0.483 e. The maximum absolute atomic E-state index is 12.2. The Hall–Kier alpha value is -0.460. The summed E-state index contributed by atoms with van der Waals surface area (Å²) in [5, 5.41) is 0. The molecule has 1 rings (SSSR count). The van der Waals surface area contributed by atoms with Gasteiger partial charge in [0.15, 0.2) is 0 Å². The molecular weight excluding hydrogens is 296 g/mol. The summed E-state index contributed by atoms with van der Waals surface area (Å²) in [7, 11) is 0. The second-order valence-corrected chi connectivity index (χ2v) is 2.90. The van der Waals surface area contributed by atoms with E-state index < -0.39 is 11.7 Å². The monoisotopic (exact) mass is 302 g/mol. The fraction of sp³-hybridized carbons (Fsp3) is 0.250. The number of benzene rings is 1. The standard InChI is InChI=1S/C8H6F3IO/c9-8(10,11)6-2-1-3-7(4-6)13-5-12/h1-4H,5H2. The van der Waals surface area contributed by atoms with E-state index in [1.54, 1.807) is 0 Å². The van der Waals surface area contributed by atoms with Crippen LogP contribution in [0.3, 0.4) is 0 Å². The van der Waals surface area contributed by atoms with E-state index in [4.69, 9.17) is 4.74 Å². The lowest BCUT2D eigenvalue weighted by atomic mass is 10.2. The van der Waals surface area contributed by atoms with Crippen LogP contribution in [0.5, 0.6) is 5.75 Å². The lowest BCUT2D eigenvalue weighted by Crippen LogP contribution is -2.04. The average molecular weight is 302 g/mol. The van der Waals surface area contributed by atoms with Gasteiger partial charge in [0.25, 0.3) is 0 Å². The fourth-order valence-corrected chi connectivity index (χ4v) is 1.18. The third-order valence-electron chi connectivity index (χ3n) is 1.38. The summed E-state index contributed by atoms with van der Waals surface area (Å²) in [4.78, 5) is 0. The van der Waals surface area contributed by atoms with Crippen LogP contribution in [-0.2, 0) is 6.18 Å². The van der Waals surface area contributed by atoms with E-state index in [0.717, 1.165) is 12.1 Å². The third-order valence-corrected chi connectivity index (χ3v) is 1.69. The van der Waals surface area contributed by atoms with E-state index in [1.165, 1.54) is 12.1 Å². The Morgan fingerprint density at radius 3 is 2.54 bits per heavy atom. The van der Waals surface area contributed by atoms with E-state index in [-0.39, 0.29) is 5.75 Å². The Morgan fingerprint density at radius 1 is 1.31 bits per heavy atom. The third kappa shape index (κ3) is 3.06. The Balaban J connectivity index is 2.92. The minimum absolute atomic E-state index is 0.240. The van der Waals surface area contributed by atoms with Gasteiger partial charge in [-0.15, -0.1) is 0 Å². The van der Waals surface area contributed by atoms with E-state index in [9.17, 15) is 13.2 Å². The molecule has 0 unspecified atom stereocenters. The fourth-order valence-electron chi connectivity index (χ4n) is 0.825. The molecule has 5 heteroatoms. The van der Waals surface area contributed by atoms with Gasteiger partial charge >= 0.3 is 6.18 Å². The normalized spacial score (nSPS) is 11.4. The van der Waals surface area contributed by atoms with Crippen molar-refractivity contribution in [1.82, 2.24) is 0 Å². The zero-order valence-corrected chi connectivity index (χ0v) is 8.59.